The van der Waals surface area contributed by atoms with Crippen molar-refractivity contribution >= 4 is 5.78 Å². The van der Waals surface area contributed by atoms with Crippen LogP contribution in [0.5, 0.6) is 0 Å². The average molecular weight is 167 g/mol. The van der Waals surface area contributed by atoms with E-state index in [0.29, 0.717) is 18.4 Å². The number of carbonyl (C=O) groups is 1. The highest BCUT2D eigenvalue weighted by molar-refractivity contribution is 5.96. The quantitative estimate of drug-likeness (QED) is 0.631. The van der Waals surface area contributed by atoms with Crippen molar-refractivity contribution in [3.8, 4) is 0 Å². The maximum Gasteiger partial charge on any atom is 0.158 e. The first kappa shape index (κ1) is 8.03. The lowest BCUT2D eigenvalue weighted by atomic mass is 9.88. The van der Waals surface area contributed by atoms with Crippen LogP contribution >= 0.6 is 0 Å². The number of carbonyl (C=O) groups excluding carboxylic acids is 1. The Kier molecular flexibility index (Phi) is 2.97. The molecule has 0 radical (unpaired) electrons. The van der Waals surface area contributed by atoms with Crippen molar-refractivity contribution in [2.45, 2.75) is 46.0 Å². The summed E-state index contributed by atoms with van der Waals surface area (Å²) >= 11 is 0. The summed E-state index contributed by atoms with van der Waals surface area (Å²) in [6, 6.07) is 0.602. The van der Waals surface area contributed by atoms with Gasteiger partial charge in [0.25, 0.3) is 0 Å². The minimum atomic E-state index is 0.219. The van der Waals surface area contributed by atoms with Gasteiger partial charge in [-0.3, -0.25) is 4.79 Å². The molecule has 0 aromatic rings. The summed E-state index contributed by atoms with van der Waals surface area (Å²) in [6.07, 6.45) is 4.48. The molecular weight excluding hydrogens is 148 g/mol. The standard InChI is InChI=1S/C11H18O/c1-3-4-5-10-8-9(2)6-7-11(10)12/h8-9H,3-7H2,1-2H3/i8D. The van der Waals surface area contributed by atoms with E-state index in [9.17, 15) is 4.79 Å². The molecule has 0 heterocycles. The van der Waals surface area contributed by atoms with Crippen LogP contribution in [0.4, 0.5) is 0 Å². The van der Waals surface area contributed by atoms with E-state index in [1.54, 1.807) is 0 Å². The van der Waals surface area contributed by atoms with Gasteiger partial charge < -0.3 is 0 Å². The minimum Gasteiger partial charge on any atom is -0.295 e. The fourth-order valence-corrected chi connectivity index (χ4v) is 1.51. The van der Waals surface area contributed by atoms with Gasteiger partial charge in [-0.25, -0.2) is 0 Å². The Morgan fingerprint density at radius 1 is 1.75 bits per heavy atom. The van der Waals surface area contributed by atoms with Crippen LogP contribution < -0.4 is 0 Å². The van der Waals surface area contributed by atoms with Crippen LogP contribution in [0.3, 0.4) is 0 Å². The first-order valence-corrected chi connectivity index (χ1v) is 4.89. The average Bonchev–Trinajstić information content (AvgIpc) is 2.12. The third kappa shape index (κ3) is 2.47. The maximum absolute atomic E-state index is 11.5. The molecule has 1 aliphatic rings. The number of ketones is 1. The normalized spacial score (nSPS) is 26.0. The summed E-state index contributed by atoms with van der Waals surface area (Å²) in [5, 5.41) is 0. The SMILES string of the molecule is [2H]C1=C(CCCC)C(=O)CCC1C. The molecule has 12 heavy (non-hydrogen) atoms. The monoisotopic (exact) mass is 167 g/mol. The topological polar surface area (TPSA) is 17.1 Å². The van der Waals surface area contributed by atoms with Crippen molar-refractivity contribution in [2.75, 3.05) is 0 Å². The van der Waals surface area contributed by atoms with Gasteiger partial charge in [0.2, 0.25) is 0 Å². The summed E-state index contributed by atoms with van der Waals surface area (Å²) in [6.45, 7) is 4.15. The Bertz CT molecular complexity index is 230. The van der Waals surface area contributed by atoms with Crippen LogP contribution in [0.2, 0.25) is 0 Å². The molecule has 1 aliphatic carbocycles. The van der Waals surface area contributed by atoms with E-state index in [4.69, 9.17) is 1.37 Å². The van der Waals surface area contributed by atoms with E-state index in [1.165, 1.54) is 0 Å². The Balaban J connectivity index is 2.73. The van der Waals surface area contributed by atoms with Crippen LogP contribution in [0.15, 0.2) is 11.6 Å². The molecule has 1 nitrogen and oxygen atoms in total. The number of Topliss-reactive ketones (excluding diaryl/α,β-unsaturated/α-hetero) is 1. The van der Waals surface area contributed by atoms with Crippen LogP contribution in [0.25, 0.3) is 0 Å². The van der Waals surface area contributed by atoms with Gasteiger partial charge in [0.15, 0.2) is 5.78 Å². The second-order valence-electron chi connectivity index (χ2n) is 3.59. The number of unbranched alkanes of at least 4 members (excludes halogenated alkanes) is 1. The summed E-state index contributed by atoms with van der Waals surface area (Å²) in [5.41, 5.74) is 0.806. The third-order valence-corrected chi connectivity index (χ3v) is 2.34. The fraction of sp³-hybridized carbons (Fsp3) is 0.727. The highest BCUT2D eigenvalue weighted by Gasteiger charge is 2.16. The second kappa shape index (κ2) is 4.44. The van der Waals surface area contributed by atoms with Crippen molar-refractivity contribution in [3.05, 3.63) is 11.6 Å². The third-order valence-electron chi connectivity index (χ3n) is 2.34. The number of hydrogen-bond acceptors (Lipinski definition) is 1. The van der Waals surface area contributed by atoms with Gasteiger partial charge in [-0.1, -0.05) is 26.3 Å². The molecule has 0 N–H and O–H groups in total. The van der Waals surface area contributed by atoms with E-state index in [2.05, 4.69) is 6.92 Å². The molecule has 0 aromatic heterocycles. The molecule has 0 saturated carbocycles. The zero-order chi connectivity index (χ0) is 9.84. The minimum absolute atomic E-state index is 0.219. The van der Waals surface area contributed by atoms with Gasteiger partial charge >= 0.3 is 0 Å². The van der Waals surface area contributed by atoms with Gasteiger partial charge in [-0.2, -0.15) is 0 Å². The van der Waals surface area contributed by atoms with E-state index in [0.717, 1.165) is 31.3 Å². The zero-order valence-corrected chi connectivity index (χ0v) is 8.02. The molecular formula is C11H18O. The number of rotatable bonds is 3. The predicted octanol–water partition coefficient (Wildman–Crippen LogP) is 3.10. The predicted molar refractivity (Wildman–Crippen MR) is 51.0 cm³/mol. The maximum atomic E-state index is 11.5. The van der Waals surface area contributed by atoms with Crippen molar-refractivity contribution in [3.63, 3.8) is 0 Å². The summed E-state index contributed by atoms with van der Waals surface area (Å²) in [4.78, 5) is 11.5. The van der Waals surface area contributed by atoms with Gasteiger partial charge in [0.1, 0.15) is 0 Å². The Labute approximate surface area is 76.3 Å². The Hall–Kier alpha value is -0.590. The van der Waals surface area contributed by atoms with Gasteiger partial charge in [0, 0.05) is 6.42 Å². The van der Waals surface area contributed by atoms with Crippen molar-refractivity contribution in [1.82, 2.24) is 0 Å². The molecule has 0 bridgehead atoms. The first-order valence-electron chi connectivity index (χ1n) is 5.39. The summed E-state index contributed by atoms with van der Waals surface area (Å²) in [5.74, 6) is 0.515. The van der Waals surface area contributed by atoms with Crippen LogP contribution in [0, 0.1) is 5.92 Å². The molecule has 0 aromatic carbocycles. The second-order valence-corrected chi connectivity index (χ2v) is 3.59. The van der Waals surface area contributed by atoms with Crippen LogP contribution in [-0.2, 0) is 4.79 Å². The summed E-state index contributed by atoms with van der Waals surface area (Å²) < 4.78 is 7.80. The number of hydrogen-bond donors (Lipinski definition) is 0. The van der Waals surface area contributed by atoms with Gasteiger partial charge in [-0.05, 0) is 30.8 Å². The van der Waals surface area contributed by atoms with Crippen molar-refractivity contribution in [1.29, 1.82) is 0 Å². The van der Waals surface area contributed by atoms with Gasteiger partial charge in [0.05, 0.1) is 1.37 Å². The fourth-order valence-electron chi connectivity index (χ4n) is 1.51. The van der Waals surface area contributed by atoms with Crippen LogP contribution in [0.1, 0.15) is 47.3 Å². The first-order chi connectivity index (χ1) is 6.16. The Morgan fingerprint density at radius 2 is 2.50 bits per heavy atom. The molecule has 1 rings (SSSR count). The lowest BCUT2D eigenvalue weighted by molar-refractivity contribution is -0.116. The highest BCUT2D eigenvalue weighted by atomic mass is 16.1. The van der Waals surface area contributed by atoms with E-state index in [-0.39, 0.29) is 5.78 Å². The number of allylic oxidation sites excluding steroid dienone is 2. The van der Waals surface area contributed by atoms with Gasteiger partial charge in [-0.15, -0.1) is 0 Å². The summed E-state index contributed by atoms with van der Waals surface area (Å²) in [7, 11) is 0. The molecule has 0 amide bonds. The largest absolute Gasteiger partial charge is 0.295 e. The zero-order valence-electron chi connectivity index (χ0n) is 9.02. The molecule has 1 unspecified atom stereocenters. The molecule has 0 saturated heterocycles. The molecule has 0 spiro atoms. The van der Waals surface area contributed by atoms with E-state index < -0.39 is 0 Å². The lowest BCUT2D eigenvalue weighted by Gasteiger charge is -2.16. The van der Waals surface area contributed by atoms with Crippen molar-refractivity contribution in [2.24, 2.45) is 5.92 Å². The lowest BCUT2D eigenvalue weighted by Crippen LogP contribution is -2.11. The molecule has 1 atom stereocenters. The molecule has 1 heteroatoms. The smallest absolute Gasteiger partial charge is 0.158 e. The van der Waals surface area contributed by atoms with E-state index in [1.807, 2.05) is 6.92 Å². The van der Waals surface area contributed by atoms with Crippen LogP contribution in [-0.4, -0.2) is 5.78 Å². The molecule has 0 aliphatic heterocycles. The highest BCUT2D eigenvalue weighted by Crippen LogP contribution is 2.22. The molecule has 0 fully saturated rings. The van der Waals surface area contributed by atoms with E-state index >= 15 is 0 Å². The van der Waals surface area contributed by atoms with Crippen molar-refractivity contribution < 1.29 is 6.17 Å². The molecule has 68 valence electrons. The Morgan fingerprint density at radius 3 is 3.17 bits per heavy atom.